The summed E-state index contributed by atoms with van der Waals surface area (Å²) in [4.78, 5) is 14.9. The van der Waals surface area contributed by atoms with Crippen molar-refractivity contribution in [2.45, 2.75) is 0 Å². The average Bonchev–Trinajstić information content (AvgIpc) is 2.15. The molecule has 1 amide bonds. The van der Waals surface area contributed by atoms with Crippen LogP contribution >= 0.6 is 0 Å². The first-order valence-electron chi connectivity index (χ1n) is 3.78. The molecule has 0 saturated heterocycles. The number of allylic oxidation sites excluding steroid dienone is 2. The minimum Gasteiger partial charge on any atom is -0.366 e. The molecule has 0 aliphatic carbocycles. The number of hydrogen-bond acceptors (Lipinski definition) is 2. The zero-order chi connectivity index (χ0) is 9.68. The van der Waals surface area contributed by atoms with Gasteiger partial charge in [-0.05, 0) is 12.1 Å². The van der Waals surface area contributed by atoms with Crippen molar-refractivity contribution in [2.75, 3.05) is 0 Å². The van der Waals surface area contributed by atoms with E-state index in [1.807, 2.05) is 0 Å². The predicted octanol–water partition coefficient (Wildman–Crippen LogP) is 1.14. The van der Waals surface area contributed by atoms with E-state index in [-0.39, 0.29) is 0 Å². The third-order valence-electron chi connectivity index (χ3n) is 1.52. The van der Waals surface area contributed by atoms with Crippen LogP contribution in [0.2, 0.25) is 0 Å². The lowest BCUT2D eigenvalue weighted by atomic mass is 10.1. The fourth-order valence-corrected chi connectivity index (χ4v) is 0.961. The van der Waals surface area contributed by atoms with Crippen molar-refractivity contribution >= 4 is 11.5 Å². The fourth-order valence-electron chi connectivity index (χ4n) is 0.961. The minimum absolute atomic E-state index is 0.420. The molecule has 0 spiro atoms. The number of carbonyl (C=O) groups excluding carboxylic acids is 1. The van der Waals surface area contributed by atoms with Crippen molar-refractivity contribution < 1.29 is 4.79 Å². The molecule has 0 fully saturated rings. The van der Waals surface area contributed by atoms with Gasteiger partial charge in [0.15, 0.2) is 0 Å². The second-order valence-corrected chi connectivity index (χ2v) is 2.42. The van der Waals surface area contributed by atoms with Crippen LogP contribution in [0.15, 0.2) is 43.3 Å². The topological polar surface area (TPSA) is 56.0 Å². The summed E-state index contributed by atoms with van der Waals surface area (Å²) in [6, 6.07) is 3.52. The summed E-state index contributed by atoms with van der Waals surface area (Å²) >= 11 is 0. The summed E-state index contributed by atoms with van der Waals surface area (Å²) in [5.41, 5.74) is 6.30. The number of aromatic nitrogens is 1. The summed E-state index contributed by atoms with van der Waals surface area (Å²) in [5, 5.41) is 0. The quantitative estimate of drug-likeness (QED) is 0.551. The van der Waals surface area contributed by atoms with Crippen molar-refractivity contribution in [2.24, 2.45) is 5.73 Å². The summed E-state index contributed by atoms with van der Waals surface area (Å²) in [6.07, 6.45) is 6.31. The molecule has 1 aromatic heterocycles. The van der Waals surface area contributed by atoms with Gasteiger partial charge in [0.25, 0.3) is 0 Å². The monoisotopic (exact) mass is 174 g/mol. The van der Waals surface area contributed by atoms with Crippen molar-refractivity contribution in [1.29, 1.82) is 0 Å². The summed E-state index contributed by atoms with van der Waals surface area (Å²) in [5.74, 6) is -0.479. The molecule has 0 saturated carbocycles. The van der Waals surface area contributed by atoms with Crippen LogP contribution < -0.4 is 5.73 Å². The third kappa shape index (κ3) is 2.27. The molecular formula is C10H10N2O. The Morgan fingerprint density at radius 2 is 2.38 bits per heavy atom. The number of hydrogen-bond donors (Lipinski definition) is 1. The first-order chi connectivity index (χ1) is 6.25. The van der Waals surface area contributed by atoms with Gasteiger partial charge in [-0.1, -0.05) is 18.7 Å². The minimum atomic E-state index is -0.479. The molecule has 0 radical (unpaired) electrons. The Morgan fingerprint density at radius 1 is 1.62 bits per heavy atom. The molecule has 1 aromatic rings. The Balaban J connectivity index is 3.10. The number of nitrogens with two attached hydrogens (primary N) is 1. The summed E-state index contributed by atoms with van der Waals surface area (Å²) in [7, 11) is 0. The average molecular weight is 174 g/mol. The van der Waals surface area contributed by atoms with Gasteiger partial charge >= 0.3 is 0 Å². The Morgan fingerprint density at radius 3 is 2.85 bits per heavy atom. The van der Waals surface area contributed by atoms with Crippen LogP contribution in [0.3, 0.4) is 0 Å². The van der Waals surface area contributed by atoms with Gasteiger partial charge in [-0.25, -0.2) is 0 Å². The Kier molecular flexibility index (Phi) is 2.97. The Bertz CT molecular complexity index is 341. The molecule has 13 heavy (non-hydrogen) atoms. The van der Waals surface area contributed by atoms with Gasteiger partial charge in [-0.2, -0.15) is 0 Å². The van der Waals surface area contributed by atoms with Gasteiger partial charge in [-0.15, -0.1) is 0 Å². The molecule has 1 rings (SSSR count). The fraction of sp³-hybridized carbons (Fsp3) is 0. The number of amides is 1. The van der Waals surface area contributed by atoms with Gasteiger partial charge in [-0.3, -0.25) is 9.78 Å². The van der Waals surface area contributed by atoms with Crippen LogP contribution in [0.25, 0.3) is 5.57 Å². The van der Waals surface area contributed by atoms with Gasteiger partial charge < -0.3 is 5.73 Å². The zero-order valence-corrected chi connectivity index (χ0v) is 7.10. The SMILES string of the molecule is C=CC=C(C(N)=O)c1cccnc1. The zero-order valence-electron chi connectivity index (χ0n) is 7.10. The first-order valence-corrected chi connectivity index (χ1v) is 3.78. The molecule has 0 aromatic carbocycles. The standard InChI is InChI=1S/C10H10N2O/c1-2-4-9(10(11)13)8-5-3-6-12-7-8/h2-7H,1H2,(H2,11,13). The number of carbonyl (C=O) groups is 1. The van der Waals surface area contributed by atoms with Crippen LogP contribution in [-0.2, 0) is 4.79 Å². The van der Waals surface area contributed by atoms with Crippen LogP contribution in [0.5, 0.6) is 0 Å². The highest BCUT2D eigenvalue weighted by Gasteiger charge is 2.05. The molecule has 0 bridgehead atoms. The van der Waals surface area contributed by atoms with Crippen molar-refractivity contribution in [3.05, 3.63) is 48.8 Å². The molecule has 66 valence electrons. The summed E-state index contributed by atoms with van der Waals surface area (Å²) < 4.78 is 0. The van der Waals surface area contributed by atoms with Crippen molar-refractivity contribution in [1.82, 2.24) is 4.98 Å². The summed E-state index contributed by atoms with van der Waals surface area (Å²) in [6.45, 7) is 3.50. The van der Waals surface area contributed by atoms with Crippen LogP contribution in [0.4, 0.5) is 0 Å². The molecular weight excluding hydrogens is 164 g/mol. The second-order valence-electron chi connectivity index (χ2n) is 2.42. The van der Waals surface area contributed by atoms with E-state index in [0.29, 0.717) is 11.1 Å². The normalized spacial score (nSPS) is 10.9. The highest BCUT2D eigenvalue weighted by atomic mass is 16.1. The smallest absolute Gasteiger partial charge is 0.249 e. The van der Waals surface area contributed by atoms with E-state index in [0.717, 1.165) is 0 Å². The van der Waals surface area contributed by atoms with E-state index in [1.165, 1.54) is 6.08 Å². The number of primary amides is 1. The van der Waals surface area contributed by atoms with E-state index in [9.17, 15) is 4.79 Å². The van der Waals surface area contributed by atoms with E-state index in [1.54, 1.807) is 30.6 Å². The lowest BCUT2D eigenvalue weighted by Gasteiger charge is -2.00. The molecule has 0 aliphatic heterocycles. The van der Waals surface area contributed by atoms with E-state index in [2.05, 4.69) is 11.6 Å². The number of pyridine rings is 1. The van der Waals surface area contributed by atoms with E-state index < -0.39 is 5.91 Å². The number of rotatable bonds is 3. The molecule has 2 N–H and O–H groups in total. The van der Waals surface area contributed by atoms with E-state index >= 15 is 0 Å². The largest absolute Gasteiger partial charge is 0.366 e. The van der Waals surface area contributed by atoms with Gasteiger partial charge in [0.1, 0.15) is 0 Å². The van der Waals surface area contributed by atoms with Crippen LogP contribution in [0, 0.1) is 0 Å². The van der Waals surface area contributed by atoms with Gasteiger partial charge in [0.05, 0.1) is 0 Å². The van der Waals surface area contributed by atoms with Crippen LogP contribution in [0.1, 0.15) is 5.56 Å². The molecule has 0 unspecified atom stereocenters. The maximum atomic E-state index is 11.0. The predicted molar refractivity (Wildman–Crippen MR) is 51.6 cm³/mol. The maximum absolute atomic E-state index is 11.0. The molecule has 0 aliphatic rings. The molecule has 3 heteroatoms. The highest BCUT2D eigenvalue weighted by molar-refractivity contribution is 6.18. The third-order valence-corrected chi connectivity index (χ3v) is 1.52. The number of nitrogens with zero attached hydrogens (tertiary/aromatic N) is 1. The second kappa shape index (κ2) is 4.21. The molecule has 0 atom stereocenters. The van der Waals surface area contributed by atoms with E-state index in [4.69, 9.17) is 5.73 Å². The van der Waals surface area contributed by atoms with Gasteiger partial charge in [0.2, 0.25) is 5.91 Å². The van der Waals surface area contributed by atoms with Crippen LogP contribution in [-0.4, -0.2) is 10.9 Å². The van der Waals surface area contributed by atoms with Crippen molar-refractivity contribution in [3.63, 3.8) is 0 Å². The Hall–Kier alpha value is -1.90. The Labute approximate surface area is 76.6 Å². The lowest BCUT2D eigenvalue weighted by Crippen LogP contribution is -2.12. The maximum Gasteiger partial charge on any atom is 0.249 e. The van der Waals surface area contributed by atoms with Gasteiger partial charge in [0, 0.05) is 23.5 Å². The first kappa shape index (κ1) is 9.19. The lowest BCUT2D eigenvalue weighted by molar-refractivity contribution is -0.112. The van der Waals surface area contributed by atoms with Crippen molar-refractivity contribution in [3.8, 4) is 0 Å². The molecule has 1 heterocycles. The molecule has 3 nitrogen and oxygen atoms in total. The highest BCUT2D eigenvalue weighted by Crippen LogP contribution is 2.11.